The molecule has 4 heterocycles. The van der Waals surface area contributed by atoms with Gasteiger partial charge in [-0.25, -0.2) is 27.2 Å². The molecule has 5 rings (SSSR count). The van der Waals surface area contributed by atoms with Gasteiger partial charge in [0.1, 0.15) is 22.4 Å². The van der Waals surface area contributed by atoms with Gasteiger partial charge in [0.25, 0.3) is 10.0 Å². The van der Waals surface area contributed by atoms with Gasteiger partial charge in [-0.1, -0.05) is 18.2 Å². The minimum atomic E-state index is -3.87. The second-order valence-corrected chi connectivity index (χ2v) is 13.2. The number of amides is 1. The van der Waals surface area contributed by atoms with Crippen LogP contribution in [0.25, 0.3) is 22.1 Å². The molecule has 1 saturated heterocycles. The van der Waals surface area contributed by atoms with E-state index in [0.29, 0.717) is 48.3 Å². The number of carbonyl (C=O) groups excluding carboxylic acids is 1. The maximum atomic E-state index is 13.4. The van der Waals surface area contributed by atoms with E-state index in [9.17, 15) is 18.5 Å². The van der Waals surface area contributed by atoms with Gasteiger partial charge in [0, 0.05) is 30.7 Å². The number of benzene rings is 1. The highest BCUT2D eigenvalue weighted by atomic mass is 32.2. The Bertz CT molecular complexity index is 1700. The van der Waals surface area contributed by atoms with Gasteiger partial charge in [0.15, 0.2) is 5.65 Å². The normalized spacial score (nSPS) is 15.5. The molecule has 0 N–H and O–H groups in total. The van der Waals surface area contributed by atoms with Crippen LogP contribution in [-0.4, -0.2) is 56.6 Å². The summed E-state index contributed by atoms with van der Waals surface area (Å²) < 4.78 is 35.7. The van der Waals surface area contributed by atoms with Crippen LogP contribution in [0.15, 0.2) is 53.7 Å². The summed E-state index contributed by atoms with van der Waals surface area (Å²) in [6.07, 6.45) is 4.00. The smallest absolute Gasteiger partial charge is 0.410 e. The number of aromatic nitrogens is 4. The third-order valence-electron chi connectivity index (χ3n) is 6.95. The van der Waals surface area contributed by atoms with Crippen molar-refractivity contribution in [3.05, 3.63) is 54.6 Å². The average molecular weight is 549 g/mol. The summed E-state index contributed by atoms with van der Waals surface area (Å²) in [7, 11) is -3.87. The molecule has 0 aliphatic carbocycles. The fraction of sp³-hybridized carbons (Fsp3) is 0.429. The number of nitrogens with zero attached hydrogens (tertiary/aromatic N) is 6. The molecule has 204 valence electrons. The molecule has 1 fully saturated rings. The van der Waals surface area contributed by atoms with Crippen LogP contribution in [0.2, 0.25) is 0 Å². The maximum Gasteiger partial charge on any atom is 0.410 e. The number of imidazole rings is 1. The van der Waals surface area contributed by atoms with Gasteiger partial charge in [0.05, 0.1) is 22.7 Å². The topological polar surface area (TPSA) is 123 Å². The Kier molecular flexibility index (Phi) is 6.42. The molecule has 10 nitrogen and oxygen atoms in total. The van der Waals surface area contributed by atoms with Crippen LogP contribution in [0.5, 0.6) is 0 Å². The lowest BCUT2D eigenvalue weighted by molar-refractivity contribution is 0.0188. The van der Waals surface area contributed by atoms with Gasteiger partial charge < -0.3 is 14.2 Å². The Balaban J connectivity index is 1.61. The number of fused-ring (bicyclic) bond motifs is 3. The van der Waals surface area contributed by atoms with Crippen LogP contribution < -0.4 is 0 Å². The third kappa shape index (κ3) is 4.74. The molecule has 0 radical (unpaired) electrons. The van der Waals surface area contributed by atoms with E-state index in [2.05, 4.69) is 15.6 Å². The standard InChI is InChI=1S/C28H32N6O4S/c1-27(2,3)38-26(35)32-14-11-19(12-15-32)34-23-21-13-16-33(39(36,37)20-9-7-6-8-10-20)24(21)30-17-22(23)31-25(34)28(4,5)18-29/h6-10,13,16-17,19H,11-12,14-15H2,1-5H3. The van der Waals surface area contributed by atoms with Crippen LogP contribution in [0.1, 0.15) is 59.3 Å². The first kappa shape index (κ1) is 26.7. The zero-order chi connectivity index (χ0) is 28.2. The Morgan fingerprint density at radius 2 is 1.74 bits per heavy atom. The number of hydrogen-bond acceptors (Lipinski definition) is 7. The van der Waals surface area contributed by atoms with E-state index in [4.69, 9.17) is 9.72 Å². The molecule has 0 atom stereocenters. The van der Waals surface area contributed by atoms with Crippen LogP contribution in [0.4, 0.5) is 4.79 Å². The van der Waals surface area contributed by atoms with E-state index in [1.54, 1.807) is 47.5 Å². The minimum absolute atomic E-state index is 0.0593. The quantitative estimate of drug-likeness (QED) is 0.352. The zero-order valence-electron chi connectivity index (χ0n) is 22.7. The fourth-order valence-corrected chi connectivity index (χ4v) is 6.35. The number of likely N-dealkylation sites (tertiary alicyclic amines) is 1. The molecule has 39 heavy (non-hydrogen) atoms. The Hall–Kier alpha value is -3.91. The lowest BCUT2D eigenvalue weighted by atomic mass is 9.93. The van der Waals surface area contributed by atoms with Crippen molar-refractivity contribution in [2.45, 2.75) is 69.4 Å². The van der Waals surface area contributed by atoms with Crippen molar-refractivity contribution in [1.82, 2.24) is 23.4 Å². The number of nitriles is 1. The van der Waals surface area contributed by atoms with E-state index in [-0.39, 0.29) is 17.0 Å². The molecular formula is C28H32N6O4S. The van der Waals surface area contributed by atoms with Gasteiger partial charge in [-0.2, -0.15) is 5.26 Å². The summed E-state index contributed by atoms with van der Waals surface area (Å²) in [5.74, 6) is 0.587. The molecule has 4 aromatic rings. The fourth-order valence-electron chi connectivity index (χ4n) is 5.03. The number of ether oxygens (including phenoxy) is 1. The van der Waals surface area contributed by atoms with E-state index in [1.807, 2.05) is 34.6 Å². The van der Waals surface area contributed by atoms with Crippen LogP contribution in [0.3, 0.4) is 0 Å². The van der Waals surface area contributed by atoms with Gasteiger partial charge >= 0.3 is 6.09 Å². The summed E-state index contributed by atoms with van der Waals surface area (Å²) in [6.45, 7) is 10.1. The number of carbonyl (C=O) groups is 1. The summed E-state index contributed by atoms with van der Waals surface area (Å²) in [6, 6.07) is 12.3. The van der Waals surface area contributed by atoms with Crippen molar-refractivity contribution in [1.29, 1.82) is 5.26 Å². The van der Waals surface area contributed by atoms with Crippen molar-refractivity contribution in [3.8, 4) is 6.07 Å². The van der Waals surface area contributed by atoms with Gasteiger partial charge in [-0.3, -0.25) is 0 Å². The molecule has 1 amide bonds. The minimum Gasteiger partial charge on any atom is -0.444 e. The highest BCUT2D eigenvalue weighted by Crippen LogP contribution is 2.37. The highest BCUT2D eigenvalue weighted by Gasteiger charge is 2.35. The maximum absolute atomic E-state index is 13.4. The molecule has 0 bridgehead atoms. The Morgan fingerprint density at radius 1 is 1.08 bits per heavy atom. The van der Waals surface area contributed by atoms with Crippen molar-refractivity contribution >= 4 is 38.2 Å². The molecule has 1 aliphatic heterocycles. The molecule has 1 aromatic carbocycles. The van der Waals surface area contributed by atoms with Crippen molar-refractivity contribution in [2.24, 2.45) is 0 Å². The van der Waals surface area contributed by atoms with Gasteiger partial charge in [-0.05, 0) is 65.7 Å². The SMILES string of the molecule is CC(C)(C)OC(=O)N1CCC(n2c(C(C)(C)C#N)nc3cnc4c(ccn4S(=O)(=O)c4ccccc4)c32)CC1. The summed E-state index contributed by atoms with van der Waals surface area (Å²) in [5.41, 5.74) is 0.123. The zero-order valence-corrected chi connectivity index (χ0v) is 23.6. The van der Waals surface area contributed by atoms with Crippen LogP contribution >= 0.6 is 0 Å². The third-order valence-corrected chi connectivity index (χ3v) is 8.63. The molecule has 0 unspecified atom stereocenters. The predicted molar refractivity (Wildman–Crippen MR) is 147 cm³/mol. The molecule has 0 saturated carbocycles. The van der Waals surface area contributed by atoms with Crippen molar-refractivity contribution in [2.75, 3.05) is 13.1 Å². The van der Waals surface area contributed by atoms with Gasteiger partial charge in [-0.15, -0.1) is 0 Å². The highest BCUT2D eigenvalue weighted by molar-refractivity contribution is 7.90. The molecular weight excluding hydrogens is 516 g/mol. The first-order valence-corrected chi connectivity index (χ1v) is 14.4. The number of rotatable bonds is 4. The lowest BCUT2D eigenvalue weighted by Gasteiger charge is -2.35. The number of piperidine rings is 1. The molecule has 11 heteroatoms. The summed E-state index contributed by atoms with van der Waals surface area (Å²) in [5, 5.41) is 10.6. The first-order valence-electron chi connectivity index (χ1n) is 12.9. The number of pyridine rings is 1. The predicted octanol–water partition coefficient (Wildman–Crippen LogP) is 5.00. The molecule has 0 spiro atoms. The lowest BCUT2D eigenvalue weighted by Crippen LogP contribution is -2.42. The summed E-state index contributed by atoms with van der Waals surface area (Å²) >= 11 is 0. The summed E-state index contributed by atoms with van der Waals surface area (Å²) in [4.78, 5) is 23.8. The van der Waals surface area contributed by atoms with E-state index in [0.717, 1.165) is 5.52 Å². The Morgan fingerprint density at radius 3 is 2.36 bits per heavy atom. The average Bonchev–Trinajstić information content (AvgIpc) is 3.51. The second kappa shape index (κ2) is 9.38. The molecule has 1 aliphatic rings. The van der Waals surface area contributed by atoms with E-state index < -0.39 is 21.0 Å². The monoisotopic (exact) mass is 548 g/mol. The van der Waals surface area contributed by atoms with Gasteiger partial charge in [0.2, 0.25) is 0 Å². The number of hydrogen-bond donors (Lipinski definition) is 0. The first-order chi connectivity index (χ1) is 18.3. The largest absolute Gasteiger partial charge is 0.444 e. The van der Waals surface area contributed by atoms with Crippen molar-refractivity contribution in [3.63, 3.8) is 0 Å². The van der Waals surface area contributed by atoms with Crippen molar-refractivity contribution < 1.29 is 17.9 Å². The Labute approximate surface area is 227 Å². The van der Waals surface area contributed by atoms with E-state index >= 15 is 0 Å². The van der Waals surface area contributed by atoms with Crippen LogP contribution in [-0.2, 0) is 20.2 Å². The van der Waals surface area contributed by atoms with Crippen LogP contribution in [0, 0.1) is 11.3 Å². The van der Waals surface area contributed by atoms with E-state index in [1.165, 1.54) is 10.2 Å². The second-order valence-electron chi connectivity index (χ2n) is 11.4. The molecule has 3 aromatic heterocycles.